The van der Waals surface area contributed by atoms with Crippen molar-refractivity contribution in [1.29, 1.82) is 0 Å². The summed E-state index contributed by atoms with van der Waals surface area (Å²) in [5, 5.41) is 0. The highest BCUT2D eigenvalue weighted by Gasteiger charge is 2.08. The topological polar surface area (TPSA) is 44.5 Å². The van der Waals surface area contributed by atoms with Crippen molar-refractivity contribution in [1.82, 2.24) is 0 Å². The van der Waals surface area contributed by atoms with Crippen LogP contribution in [0.1, 0.15) is 0 Å². The number of nitrogens with two attached hydrogens (primary N) is 1. The van der Waals surface area contributed by atoms with Crippen LogP contribution >= 0.6 is 0 Å². The summed E-state index contributed by atoms with van der Waals surface area (Å²) >= 11 is 0. The molecule has 0 fully saturated rings. The molecule has 0 spiro atoms. The zero-order chi connectivity index (χ0) is 9.14. The molecule has 1 rings (SSSR count). The fraction of sp³-hybridized carbons (Fsp3) is 0.250. The van der Waals surface area contributed by atoms with Crippen molar-refractivity contribution >= 4 is 5.69 Å². The van der Waals surface area contributed by atoms with E-state index in [-0.39, 0.29) is 11.5 Å². The van der Waals surface area contributed by atoms with Gasteiger partial charge in [-0.3, -0.25) is 0 Å². The molecule has 0 heterocycles. The molecule has 0 aliphatic heterocycles. The molecule has 0 saturated carbocycles. The summed E-state index contributed by atoms with van der Waals surface area (Å²) in [6, 6.07) is 2.41. The molecular formula is C8H10FNO2. The maximum atomic E-state index is 12.8. The Labute approximate surface area is 69.9 Å². The number of methoxy groups -OCH3 is 2. The van der Waals surface area contributed by atoms with Crippen molar-refractivity contribution in [2.45, 2.75) is 0 Å². The van der Waals surface area contributed by atoms with Gasteiger partial charge in [-0.25, -0.2) is 4.39 Å². The predicted molar refractivity (Wildman–Crippen MR) is 43.9 cm³/mol. The summed E-state index contributed by atoms with van der Waals surface area (Å²) in [5.74, 6) is 0.136. The normalized spacial score (nSPS) is 9.58. The first-order valence-corrected chi connectivity index (χ1v) is 3.36. The van der Waals surface area contributed by atoms with Crippen molar-refractivity contribution in [3.63, 3.8) is 0 Å². The number of halogens is 1. The number of nitrogen functional groups attached to an aromatic ring is 1. The van der Waals surface area contributed by atoms with Crippen LogP contribution in [0, 0.1) is 5.82 Å². The molecule has 0 amide bonds. The fourth-order valence-electron chi connectivity index (χ4n) is 0.907. The van der Waals surface area contributed by atoms with Crippen LogP contribution in [0.2, 0.25) is 0 Å². The summed E-state index contributed by atoms with van der Waals surface area (Å²) in [4.78, 5) is 0. The van der Waals surface area contributed by atoms with Crippen LogP contribution in [0.15, 0.2) is 12.1 Å². The first-order chi connectivity index (χ1) is 5.69. The Hall–Kier alpha value is -1.45. The largest absolute Gasteiger partial charge is 0.494 e. The second-order valence-electron chi connectivity index (χ2n) is 2.22. The zero-order valence-electron chi connectivity index (χ0n) is 6.93. The van der Waals surface area contributed by atoms with Crippen LogP contribution in [0.5, 0.6) is 11.5 Å². The van der Waals surface area contributed by atoms with Gasteiger partial charge in [0.05, 0.1) is 14.2 Å². The lowest BCUT2D eigenvalue weighted by molar-refractivity contribution is 0.393. The Morgan fingerprint density at radius 3 is 1.92 bits per heavy atom. The first kappa shape index (κ1) is 8.64. The SMILES string of the molecule is COc1cc(F)cc(OC)c1N. The lowest BCUT2D eigenvalue weighted by atomic mass is 10.2. The molecule has 0 atom stereocenters. The van der Waals surface area contributed by atoms with E-state index in [0.29, 0.717) is 5.69 Å². The molecule has 0 saturated heterocycles. The average molecular weight is 171 g/mol. The summed E-state index contributed by atoms with van der Waals surface area (Å²) in [6.07, 6.45) is 0. The van der Waals surface area contributed by atoms with E-state index in [2.05, 4.69) is 0 Å². The predicted octanol–water partition coefficient (Wildman–Crippen LogP) is 1.43. The third-order valence-electron chi connectivity index (χ3n) is 1.51. The smallest absolute Gasteiger partial charge is 0.148 e. The number of anilines is 1. The molecule has 3 nitrogen and oxygen atoms in total. The maximum Gasteiger partial charge on any atom is 0.148 e. The molecule has 1 aromatic carbocycles. The first-order valence-electron chi connectivity index (χ1n) is 3.36. The maximum absolute atomic E-state index is 12.8. The Morgan fingerprint density at radius 2 is 1.58 bits per heavy atom. The molecule has 1 aromatic rings. The van der Waals surface area contributed by atoms with Crippen LogP contribution in [0.3, 0.4) is 0 Å². The van der Waals surface area contributed by atoms with Crippen molar-refractivity contribution < 1.29 is 13.9 Å². The van der Waals surface area contributed by atoms with Crippen LogP contribution in [0.4, 0.5) is 10.1 Å². The monoisotopic (exact) mass is 171 g/mol. The molecule has 2 N–H and O–H groups in total. The van der Waals surface area contributed by atoms with Crippen LogP contribution in [-0.4, -0.2) is 14.2 Å². The lowest BCUT2D eigenvalue weighted by Crippen LogP contribution is -1.97. The third-order valence-corrected chi connectivity index (χ3v) is 1.51. The van der Waals surface area contributed by atoms with Gasteiger partial charge in [-0.15, -0.1) is 0 Å². The van der Waals surface area contributed by atoms with Crippen molar-refractivity contribution in [3.05, 3.63) is 17.9 Å². The van der Waals surface area contributed by atoms with E-state index in [9.17, 15) is 4.39 Å². The molecule has 12 heavy (non-hydrogen) atoms. The van der Waals surface area contributed by atoms with Gasteiger partial charge in [-0.2, -0.15) is 0 Å². The quantitative estimate of drug-likeness (QED) is 0.684. The molecular weight excluding hydrogens is 161 g/mol. The Bertz CT molecular complexity index is 263. The minimum Gasteiger partial charge on any atom is -0.494 e. The molecule has 0 aromatic heterocycles. The number of hydrogen-bond donors (Lipinski definition) is 1. The molecule has 66 valence electrons. The Kier molecular flexibility index (Phi) is 2.38. The van der Waals surface area contributed by atoms with Gasteiger partial charge >= 0.3 is 0 Å². The van der Waals surface area contributed by atoms with Crippen molar-refractivity contribution in [2.24, 2.45) is 0 Å². The highest BCUT2D eigenvalue weighted by Crippen LogP contribution is 2.32. The Balaban J connectivity index is 3.22. The summed E-state index contributed by atoms with van der Waals surface area (Å²) < 4.78 is 22.4. The van der Waals surface area contributed by atoms with E-state index in [4.69, 9.17) is 15.2 Å². The van der Waals surface area contributed by atoms with E-state index in [0.717, 1.165) is 0 Å². The highest BCUT2D eigenvalue weighted by molar-refractivity contribution is 5.62. The number of hydrogen-bond acceptors (Lipinski definition) is 3. The minimum atomic E-state index is -0.432. The summed E-state index contributed by atoms with van der Waals surface area (Å²) in [7, 11) is 2.84. The summed E-state index contributed by atoms with van der Waals surface area (Å²) in [6.45, 7) is 0. The number of benzene rings is 1. The Morgan fingerprint density at radius 1 is 1.17 bits per heavy atom. The van der Waals surface area contributed by atoms with E-state index in [1.807, 2.05) is 0 Å². The van der Waals surface area contributed by atoms with Gasteiger partial charge < -0.3 is 15.2 Å². The second kappa shape index (κ2) is 3.30. The standard InChI is InChI=1S/C8H10FNO2/c1-11-6-3-5(9)4-7(12-2)8(6)10/h3-4H,10H2,1-2H3. The summed E-state index contributed by atoms with van der Waals surface area (Å²) in [5.41, 5.74) is 5.86. The average Bonchev–Trinajstić information content (AvgIpc) is 2.08. The number of ether oxygens (including phenoxy) is 2. The van der Waals surface area contributed by atoms with Crippen LogP contribution in [-0.2, 0) is 0 Å². The fourth-order valence-corrected chi connectivity index (χ4v) is 0.907. The molecule has 0 unspecified atom stereocenters. The van der Waals surface area contributed by atoms with Gasteiger partial charge in [0.15, 0.2) is 0 Å². The van der Waals surface area contributed by atoms with E-state index in [1.54, 1.807) is 0 Å². The van der Waals surface area contributed by atoms with Gasteiger partial charge in [0.1, 0.15) is 23.0 Å². The minimum absolute atomic E-state index is 0.284. The van der Waals surface area contributed by atoms with Gasteiger partial charge in [-0.1, -0.05) is 0 Å². The van der Waals surface area contributed by atoms with E-state index < -0.39 is 5.82 Å². The van der Waals surface area contributed by atoms with Crippen molar-refractivity contribution in [3.8, 4) is 11.5 Å². The lowest BCUT2D eigenvalue weighted by Gasteiger charge is -2.08. The van der Waals surface area contributed by atoms with Crippen LogP contribution in [0.25, 0.3) is 0 Å². The second-order valence-corrected chi connectivity index (χ2v) is 2.22. The van der Waals surface area contributed by atoms with Crippen molar-refractivity contribution in [2.75, 3.05) is 20.0 Å². The molecule has 4 heteroatoms. The van der Waals surface area contributed by atoms with Gasteiger partial charge in [0.25, 0.3) is 0 Å². The third kappa shape index (κ3) is 1.42. The van der Waals surface area contributed by atoms with E-state index in [1.165, 1.54) is 26.4 Å². The molecule has 0 aliphatic carbocycles. The number of rotatable bonds is 2. The van der Waals surface area contributed by atoms with Gasteiger partial charge in [0, 0.05) is 12.1 Å². The molecule has 0 bridgehead atoms. The van der Waals surface area contributed by atoms with Crippen LogP contribution < -0.4 is 15.2 Å². The van der Waals surface area contributed by atoms with E-state index >= 15 is 0 Å². The van der Waals surface area contributed by atoms with Gasteiger partial charge in [-0.05, 0) is 0 Å². The van der Waals surface area contributed by atoms with Gasteiger partial charge in [0.2, 0.25) is 0 Å². The zero-order valence-corrected chi connectivity index (χ0v) is 6.93. The highest BCUT2D eigenvalue weighted by atomic mass is 19.1. The molecule has 0 aliphatic rings. The molecule has 0 radical (unpaired) electrons.